The Morgan fingerprint density at radius 2 is 1.57 bits per heavy atom. The second-order valence-electron chi connectivity index (χ2n) is 2.44. The van der Waals surface area contributed by atoms with E-state index in [0.717, 1.165) is 11.7 Å². The molecule has 0 aromatic rings. The molecule has 1 unspecified atom stereocenters. The van der Waals surface area contributed by atoms with Gasteiger partial charge < -0.3 is 0 Å². The smallest absolute Gasteiger partial charge is 0.0917 e. The van der Waals surface area contributed by atoms with Crippen LogP contribution in [0.25, 0.3) is 0 Å². The van der Waals surface area contributed by atoms with E-state index in [1.807, 2.05) is 0 Å². The minimum Gasteiger partial charge on any atom is -0.0917 e. The van der Waals surface area contributed by atoms with Crippen molar-refractivity contribution in [3.8, 4) is 0 Å². The quantitative estimate of drug-likeness (QED) is 0.463. The highest BCUT2D eigenvalue weighted by Gasteiger charge is 2.02. The molecule has 0 aliphatic rings. The zero-order chi connectivity index (χ0) is 5.86. The molecular formula is C6H14B. The molecular weight excluding hydrogens is 82.9 g/mol. The summed E-state index contributed by atoms with van der Waals surface area (Å²) >= 11 is 0. The van der Waals surface area contributed by atoms with E-state index in [2.05, 4.69) is 34.9 Å². The largest absolute Gasteiger partial charge is 0.110 e. The fourth-order valence-corrected chi connectivity index (χ4v) is 0.385. The van der Waals surface area contributed by atoms with E-state index in [0.29, 0.717) is 0 Å². The molecule has 0 N–H and O–H groups in total. The number of hydrogen-bond acceptors (Lipinski definition) is 0. The van der Waals surface area contributed by atoms with Crippen LogP contribution in [-0.2, 0) is 0 Å². The molecule has 0 aliphatic heterocycles. The van der Waals surface area contributed by atoms with Crippen molar-refractivity contribution in [2.75, 3.05) is 0 Å². The maximum absolute atomic E-state index is 2.24. The Balaban J connectivity index is 3.14. The van der Waals surface area contributed by atoms with E-state index >= 15 is 0 Å². The van der Waals surface area contributed by atoms with Gasteiger partial charge in [0.05, 0.1) is 0 Å². The SMILES string of the molecule is C[B]C(C)C(C)C. The van der Waals surface area contributed by atoms with Gasteiger partial charge in [-0.25, -0.2) is 0 Å². The molecule has 1 atom stereocenters. The first-order valence-electron chi connectivity index (χ1n) is 2.98. The van der Waals surface area contributed by atoms with Crippen LogP contribution in [0.4, 0.5) is 0 Å². The Morgan fingerprint density at radius 1 is 1.14 bits per heavy atom. The van der Waals surface area contributed by atoms with E-state index in [1.165, 1.54) is 0 Å². The van der Waals surface area contributed by atoms with Crippen molar-refractivity contribution in [2.24, 2.45) is 5.92 Å². The standard InChI is InChI=1S/C6H14B/c1-5(2)6(3)7-4/h5-6H,1-4H3. The van der Waals surface area contributed by atoms with Gasteiger partial charge in [0.15, 0.2) is 0 Å². The van der Waals surface area contributed by atoms with Crippen LogP contribution < -0.4 is 0 Å². The van der Waals surface area contributed by atoms with E-state index in [-0.39, 0.29) is 0 Å². The van der Waals surface area contributed by atoms with Gasteiger partial charge in [0.2, 0.25) is 0 Å². The van der Waals surface area contributed by atoms with Crippen molar-refractivity contribution < 1.29 is 0 Å². The van der Waals surface area contributed by atoms with Crippen LogP contribution >= 0.6 is 0 Å². The Labute approximate surface area is 47.6 Å². The zero-order valence-corrected chi connectivity index (χ0v) is 5.73. The van der Waals surface area contributed by atoms with Gasteiger partial charge >= 0.3 is 0 Å². The average Bonchev–Trinajstić information content (AvgIpc) is 1.65. The van der Waals surface area contributed by atoms with Crippen LogP contribution in [0.2, 0.25) is 12.6 Å². The molecule has 0 aromatic heterocycles. The number of hydrogen-bond donors (Lipinski definition) is 0. The van der Waals surface area contributed by atoms with E-state index in [1.54, 1.807) is 0 Å². The van der Waals surface area contributed by atoms with Crippen molar-refractivity contribution >= 4 is 7.28 Å². The Hall–Kier alpha value is 0.0649. The molecule has 7 heavy (non-hydrogen) atoms. The Bertz CT molecular complexity index is 41.4. The first kappa shape index (κ1) is 7.06. The second kappa shape index (κ2) is 3.12. The molecule has 0 aromatic carbocycles. The maximum atomic E-state index is 2.24. The third-order valence-electron chi connectivity index (χ3n) is 1.58. The lowest BCUT2D eigenvalue weighted by atomic mass is 9.63. The van der Waals surface area contributed by atoms with Crippen molar-refractivity contribution in [3.63, 3.8) is 0 Å². The summed E-state index contributed by atoms with van der Waals surface area (Å²) < 4.78 is 0. The highest BCUT2D eigenvalue weighted by molar-refractivity contribution is 6.35. The van der Waals surface area contributed by atoms with Crippen LogP contribution in [0.5, 0.6) is 0 Å². The van der Waals surface area contributed by atoms with Gasteiger partial charge in [-0.2, -0.15) is 0 Å². The van der Waals surface area contributed by atoms with E-state index in [4.69, 9.17) is 0 Å². The molecule has 1 heteroatoms. The van der Waals surface area contributed by atoms with Crippen LogP contribution in [0, 0.1) is 5.92 Å². The van der Waals surface area contributed by atoms with Gasteiger partial charge in [0.25, 0.3) is 0 Å². The summed E-state index contributed by atoms with van der Waals surface area (Å²) in [5.41, 5.74) is 0. The Kier molecular flexibility index (Phi) is 3.15. The summed E-state index contributed by atoms with van der Waals surface area (Å²) in [4.78, 5) is 0. The van der Waals surface area contributed by atoms with E-state index in [9.17, 15) is 0 Å². The predicted octanol–water partition coefficient (Wildman–Crippen LogP) is 2.20. The molecule has 0 spiro atoms. The summed E-state index contributed by atoms with van der Waals surface area (Å²) in [6.07, 6.45) is 0. The lowest BCUT2D eigenvalue weighted by Crippen LogP contribution is -2.01. The lowest BCUT2D eigenvalue weighted by molar-refractivity contribution is 0.620. The van der Waals surface area contributed by atoms with Crippen LogP contribution in [0.3, 0.4) is 0 Å². The summed E-state index contributed by atoms with van der Waals surface area (Å²) in [6.45, 7) is 8.84. The first-order chi connectivity index (χ1) is 3.18. The molecule has 0 rings (SSSR count). The average molecular weight is 97.0 g/mol. The van der Waals surface area contributed by atoms with E-state index < -0.39 is 0 Å². The highest BCUT2D eigenvalue weighted by Crippen LogP contribution is 2.13. The topological polar surface area (TPSA) is 0 Å². The first-order valence-corrected chi connectivity index (χ1v) is 2.98. The third kappa shape index (κ3) is 2.72. The summed E-state index contributed by atoms with van der Waals surface area (Å²) in [5, 5.41) is 0. The highest BCUT2D eigenvalue weighted by atomic mass is 14.0. The molecule has 0 nitrogen and oxygen atoms in total. The van der Waals surface area contributed by atoms with Crippen LogP contribution in [-0.4, -0.2) is 7.28 Å². The van der Waals surface area contributed by atoms with Crippen LogP contribution in [0.15, 0.2) is 0 Å². The molecule has 0 saturated heterocycles. The van der Waals surface area contributed by atoms with Crippen molar-refractivity contribution in [1.29, 1.82) is 0 Å². The van der Waals surface area contributed by atoms with Gasteiger partial charge in [-0.1, -0.05) is 39.3 Å². The van der Waals surface area contributed by atoms with Crippen molar-refractivity contribution in [3.05, 3.63) is 0 Å². The summed E-state index contributed by atoms with van der Waals surface area (Å²) in [6, 6.07) is 0. The number of rotatable bonds is 2. The second-order valence-corrected chi connectivity index (χ2v) is 2.44. The fraction of sp³-hybridized carbons (Fsp3) is 1.00. The lowest BCUT2D eigenvalue weighted by Gasteiger charge is -2.09. The maximum Gasteiger partial charge on any atom is 0.110 e. The fourth-order valence-electron chi connectivity index (χ4n) is 0.385. The van der Waals surface area contributed by atoms with Crippen molar-refractivity contribution in [2.45, 2.75) is 33.4 Å². The molecule has 41 valence electrons. The normalized spacial score (nSPS) is 14.4. The summed E-state index contributed by atoms with van der Waals surface area (Å²) in [7, 11) is 2.24. The predicted molar refractivity (Wildman–Crippen MR) is 35.9 cm³/mol. The molecule has 0 amide bonds. The molecule has 0 bridgehead atoms. The minimum absolute atomic E-state index is 0.778. The molecule has 0 heterocycles. The molecule has 0 aliphatic carbocycles. The van der Waals surface area contributed by atoms with Gasteiger partial charge in [-0.05, 0) is 0 Å². The Morgan fingerprint density at radius 3 is 1.57 bits per heavy atom. The van der Waals surface area contributed by atoms with Gasteiger partial charge in [0.1, 0.15) is 7.28 Å². The summed E-state index contributed by atoms with van der Waals surface area (Å²) in [5.74, 6) is 1.59. The van der Waals surface area contributed by atoms with Gasteiger partial charge in [-0.15, -0.1) is 0 Å². The van der Waals surface area contributed by atoms with Gasteiger partial charge in [0, 0.05) is 0 Å². The van der Waals surface area contributed by atoms with Crippen LogP contribution in [0.1, 0.15) is 20.8 Å². The van der Waals surface area contributed by atoms with Crippen molar-refractivity contribution in [1.82, 2.24) is 0 Å². The molecule has 0 saturated carbocycles. The molecule has 0 fully saturated rings. The zero-order valence-electron chi connectivity index (χ0n) is 5.73. The van der Waals surface area contributed by atoms with Gasteiger partial charge in [-0.3, -0.25) is 0 Å². The monoisotopic (exact) mass is 97.1 g/mol. The molecule has 1 radical (unpaired) electrons. The third-order valence-corrected chi connectivity index (χ3v) is 1.58. The minimum atomic E-state index is 0.778.